The maximum Gasteiger partial charge on any atom is 0.238 e. The summed E-state index contributed by atoms with van der Waals surface area (Å²) in [6.07, 6.45) is 1.77. The van der Waals surface area contributed by atoms with E-state index < -0.39 is 0 Å². The fraction of sp³-hybridized carbons (Fsp3) is 0.391. The van der Waals surface area contributed by atoms with Gasteiger partial charge in [-0.3, -0.25) is 14.5 Å². The van der Waals surface area contributed by atoms with Crippen LogP contribution in [0.3, 0.4) is 0 Å². The van der Waals surface area contributed by atoms with Crippen LogP contribution in [0.25, 0.3) is 0 Å². The first-order valence-corrected chi connectivity index (χ1v) is 9.88. The minimum absolute atomic E-state index is 0.0285. The number of carbonyl (C=O) groups excluding carboxylic acids is 2. The van der Waals surface area contributed by atoms with E-state index in [0.717, 1.165) is 41.9 Å². The summed E-state index contributed by atoms with van der Waals surface area (Å²) in [5, 5.41) is 6.04. The molecule has 1 fully saturated rings. The molecular weight excluding hydrogens is 350 g/mol. The summed E-state index contributed by atoms with van der Waals surface area (Å²) in [6, 6.07) is 13.7. The van der Waals surface area contributed by atoms with E-state index in [1.54, 1.807) is 0 Å². The monoisotopic (exact) mass is 379 g/mol. The molecule has 1 aliphatic heterocycles. The van der Waals surface area contributed by atoms with E-state index in [4.69, 9.17) is 0 Å². The van der Waals surface area contributed by atoms with Crippen molar-refractivity contribution in [2.45, 2.75) is 33.6 Å². The first-order valence-electron chi connectivity index (χ1n) is 9.88. The summed E-state index contributed by atoms with van der Waals surface area (Å²) in [4.78, 5) is 27.2. The minimum atomic E-state index is -0.0930. The molecule has 5 nitrogen and oxygen atoms in total. The van der Waals surface area contributed by atoms with E-state index in [1.807, 2.05) is 44.2 Å². The standard InChI is InChI=1S/C23H29N3O2/c1-16-12-17(2)22(18(3)13-16)25-21(27)15-26-11-7-8-19(14-26)23(28)24-20-9-5-4-6-10-20/h4-6,9-10,12-13,19H,7-8,11,14-15H2,1-3H3,(H,24,28)(H,25,27). The summed E-state index contributed by atoms with van der Waals surface area (Å²) in [7, 11) is 0. The van der Waals surface area contributed by atoms with E-state index in [2.05, 4.69) is 34.6 Å². The molecule has 1 atom stereocenters. The van der Waals surface area contributed by atoms with Gasteiger partial charge in [-0.2, -0.15) is 0 Å². The van der Waals surface area contributed by atoms with E-state index in [9.17, 15) is 9.59 Å². The Morgan fingerprint density at radius 3 is 2.39 bits per heavy atom. The third kappa shape index (κ3) is 5.20. The van der Waals surface area contributed by atoms with Crippen LogP contribution in [0.2, 0.25) is 0 Å². The predicted octanol–water partition coefficient (Wildman–Crippen LogP) is 3.90. The quantitative estimate of drug-likeness (QED) is 0.828. The van der Waals surface area contributed by atoms with Crippen molar-refractivity contribution in [3.05, 3.63) is 59.2 Å². The highest BCUT2D eigenvalue weighted by molar-refractivity contribution is 5.94. The minimum Gasteiger partial charge on any atom is -0.326 e. The summed E-state index contributed by atoms with van der Waals surface area (Å²) in [5.74, 6) is -0.0923. The van der Waals surface area contributed by atoms with Crippen LogP contribution in [0.5, 0.6) is 0 Å². The summed E-state index contributed by atoms with van der Waals surface area (Å²) < 4.78 is 0. The lowest BCUT2D eigenvalue weighted by molar-refractivity contribution is -0.123. The van der Waals surface area contributed by atoms with Crippen molar-refractivity contribution in [2.75, 3.05) is 30.3 Å². The third-order valence-electron chi connectivity index (χ3n) is 5.23. The third-order valence-corrected chi connectivity index (χ3v) is 5.23. The molecule has 0 spiro atoms. The van der Waals surface area contributed by atoms with Gasteiger partial charge in [0.25, 0.3) is 0 Å². The van der Waals surface area contributed by atoms with Gasteiger partial charge in [0.2, 0.25) is 11.8 Å². The molecule has 2 amide bonds. The smallest absolute Gasteiger partial charge is 0.238 e. The number of benzene rings is 2. The maximum atomic E-state index is 12.6. The Bertz CT molecular complexity index is 825. The predicted molar refractivity (Wildman–Crippen MR) is 114 cm³/mol. The number of rotatable bonds is 5. The first kappa shape index (κ1) is 20.1. The molecule has 1 heterocycles. The van der Waals surface area contributed by atoms with Gasteiger partial charge in [-0.15, -0.1) is 0 Å². The van der Waals surface area contributed by atoms with Crippen LogP contribution < -0.4 is 10.6 Å². The van der Waals surface area contributed by atoms with Gasteiger partial charge < -0.3 is 10.6 Å². The average molecular weight is 380 g/mol. The van der Waals surface area contributed by atoms with Crippen molar-refractivity contribution in [2.24, 2.45) is 5.92 Å². The van der Waals surface area contributed by atoms with Gasteiger partial charge in [-0.05, 0) is 63.4 Å². The molecule has 3 rings (SSSR count). The molecule has 0 radical (unpaired) electrons. The number of para-hydroxylation sites is 1. The van der Waals surface area contributed by atoms with Gasteiger partial charge in [-0.25, -0.2) is 0 Å². The molecule has 5 heteroatoms. The Kier molecular flexibility index (Phi) is 6.47. The van der Waals surface area contributed by atoms with Crippen LogP contribution in [0, 0.1) is 26.7 Å². The van der Waals surface area contributed by atoms with Crippen LogP contribution in [0.4, 0.5) is 11.4 Å². The lowest BCUT2D eigenvalue weighted by atomic mass is 9.97. The number of likely N-dealkylation sites (tertiary alicyclic amines) is 1. The molecule has 0 bridgehead atoms. The van der Waals surface area contributed by atoms with Crippen molar-refractivity contribution in [3.63, 3.8) is 0 Å². The molecular formula is C23H29N3O2. The van der Waals surface area contributed by atoms with Crippen LogP contribution in [0.1, 0.15) is 29.5 Å². The largest absolute Gasteiger partial charge is 0.326 e. The molecule has 2 aromatic carbocycles. The Labute approximate surface area is 167 Å². The summed E-state index contributed by atoms with van der Waals surface area (Å²) >= 11 is 0. The first-order chi connectivity index (χ1) is 13.4. The SMILES string of the molecule is Cc1cc(C)c(NC(=O)CN2CCCC(C(=O)Nc3ccccc3)C2)c(C)c1. The topological polar surface area (TPSA) is 61.4 Å². The van der Waals surface area contributed by atoms with Crippen LogP contribution in [0.15, 0.2) is 42.5 Å². The number of hydrogen-bond acceptors (Lipinski definition) is 3. The number of carbonyl (C=O) groups is 2. The average Bonchev–Trinajstić information content (AvgIpc) is 2.65. The Hall–Kier alpha value is -2.66. The number of nitrogens with one attached hydrogen (secondary N) is 2. The fourth-order valence-corrected chi connectivity index (χ4v) is 3.94. The van der Waals surface area contributed by atoms with Gasteiger partial charge in [-0.1, -0.05) is 35.9 Å². The molecule has 1 unspecified atom stereocenters. The normalized spacial score (nSPS) is 17.2. The van der Waals surface area contributed by atoms with E-state index in [0.29, 0.717) is 13.1 Å². The van der Waals surface area contributed by atoms with Crippen LogP contribution >= 0.6 is 0 Å². The van der Waals surface area contributed by atoms with Crippen molar-refractivity contribution in [3.8, 4) is 0 Å². The lowest BCUT2D eigenvalue weighted by Gasteiger charge is -2.31. The summed E-state index contributed by atoms with van der Waals surface area (Å²) in [6.45, 7) is 7.84. The molecule has 28 heavy (non-hydrogen) atoms. The van der Waals surface area contributed by atoms with Gasteiger partial charge in [0.05, 0.1) is 12.5 Å². The van der Waals surface area contributed by atoms with Gasteiger partial charge in [0, 0.05) is 17.9 Å². The van der Waals surface area contributed by atoms with Gasteiger partial charge in [0.15, 0.2) is 0 Å². The van der Waals surface area contributed by atoms with E-state index >= 15 is 0 Å². The second-order valence-corrected chi connectivity index (χ2v) is 7.75. The van der Waals surface area contributed by atoms with Gasteiger partial charge >= 0.3 is 0 Å². The number of piperidine rings is 1. The second-order valence-electron chi connectivity index (χ2n) is 7.75. The van der Waals surface area contributed by atoms with Gasteiger partial charge in [0.1, 0.15) is 0 Å². The number of amides is 2. The zero-order valence-electron chi connectivity index (χ0n) is 16.9. The zero-order chi connectivity index (χ0) is 20.1. The maximum absolute atomic E-state index is 12.6. The molecule has 148 valence electrons. The molecule has 2 aromatic rings. The highest BCUT2D eigenvalue weighted by Gasteiger charge is 2.27. The van der Waals surface area contributed by atoms with Crippen molar-refractivity contribution in [1.82, 2.24) is 4.90 Å². The Morgan fingerprint density at radius 1 is 1.04 bits per heavy atom. The lowest BCUT2D eigenvalue weighted by Crippen LogP contribution is -2.44. The van der Waals surface area contributed by atoms with Crippen LogP contribution in [-0.4, -0.2) is 36.3 Å². The molecule has 0 aliphatic carbocycles. The van der Waals surface area contributed by atoms with Crippen molar-refractivity contribution in [1.29, 1.82) is 0 Å². The second kappa shape index (κ2) is 9.02. The molecule has 1 saturated heterocycles. The molecule has 2 N–H and O–H groups in total. The van der Waals surface area contributed by atoms with E-state index in [1.165, 1.54) is 5.56 Å². The number of anilines is 2. The summed E-state index contributed by atoms with van der Waals surface area (Å²) in [5.41, 5.74) is 5.05. The van der Waals surface area contributed by atoms with E-state index in [-0.39, 0.29) is 17.7 Å². The highest BCUT2D eigenvalue weighted by atomic mass is 16.2. The molecule has 0 saturated carbocycles. The zero-order valence-corrected chi connectivity index (χ0v) is 16.9. The highest BCUT2D eigenvalue weighted by Crippen LogP contribution is 2.23. The number of hydrogen-bond donors (Lipinski definition) is 2. The van der Waals surface area contributed by atoms with Crippen molar-refractivity contribution < 1.29 is 9.59 Å². The molecule has 1 aliphatic rings. The number of nitrogens with zero attached hydrogens (tertiary/aromatic N) is 1. The fourth-order valence-electron chi connectivity index (χ4n) is 3.94. The Balaban J connectivity index is 1.56. The molecule has 0 aromatic heterocycles. The number of aryl methyl sites for hydroxylation is 3. The van der Waals surface area contributed by atoms with Crippen molar-refractivity contribution >= 4 is 23.2 Å². The van der Waals surface area contributed by atoms with Crippen LogP contribution in [-0.2, 0) is 9.59 Å². The Morgan fingerprint density at radius 2 is 1.71 bits per heavy atom.